The largest absolute Gasteiger partial charge is 0.506 e. The molecule has 1 heterocycles. The molecule has 2 aromatic carbocycles. The molecule has 2 amide bonds. The van der Waals surface area contributed by atoms with Crippen molar-refractivity contribution in [2.75, 3.05) is 0 Å². The standard InChI is InChI=1S/C17H9BrCl2N2O5S/c18-11-6-9(22(26)27)4-8(15(11)23)5-14-16(24)21(17(25)28-14)7-10-12(19)2-1-3-13(10)20/h1-6,23H,7H2/b14-5-. The number of benzene rings is 2. The number of hydrogen-bond donors (Lipinski definition) is 1. The molecule has 0 aromatic heterocycles. The van der Waals surface area contributed by atoms with E-state index in [0.29, 0.717) is 27.4 Å². The van der Waals surface area contributed by atoms with E-state index < -0.39 is 16.1 Å². The van der Waals surface area contributed by atoms with Gasteiger partial charge in [-0.2, -0.15) is 0 Å². The smallest absolute Gasteiger partial charge is 0.293 e. The van der Waals surface area contributed by atoms with Gasteiger partial charge in [-0.25, -0.2) is 0 Å². The minimum Gasteiger partial charge on any atom is -0.506 e. The molecule has 0 saturated carbocycles. The van der Waals surface area contributed by atoms with Crippen LogP contribution in [0.5, 0.6) is 5.75 Å². The van der Waals surface area contributed by atoms with E-state index in [9.17, 15) is 24.8 Å². The predicted molar refractivity (Wildman–Crippen MR) is 110 cm³/mol. The minimum absolute atomic E-state index is 0.0101. The van der Waals surface area contributed by atoms with Gasteiger partial charge in [0.2, 0.25) is 0 Å². The topological polar surface area (TPSA) is 101 Å². The van der Waals surface area contributed by atoms with Crippen LogP contribution in [-0.2, 0) is 11.3 Å². The molecule has 7 nitrogen and oxygen atoms in total. The van der Waals surface area contributed by atoms with Crippen molar-refractivity contribution in [3.63, 3.8) is 0 Å². The lowest BCUT2D eigenvalue weighted by Crippen LogP contribution is -2.27. The fraction of sp³-hybridized carbons (Fsp3) is 0.0588. The van der Waals surface area contributed by atoms with Crippen LogP contribution in [0.1, 0.15) is 11.1 Å². The second-order valence-electron chi connectivity index (χ2n) is 5.59. The Bertz CT molecular complexity index is 1040. The number of nitro benzene ring substituents is 1. The van der Waals surface area contributed by atoms with Crippen molar-refractivity contribution < 1.29 is 19.6 Å². The summed E-state index contributed by atoms with van der Waals surface area (Å²) in [6, 6.07) is 7.08. The lowest BCUT2D eigenvalue weighted by molar-refractivity contribution is -0.385. The number of carbonyl (C=O) groups excluding carboxylic acids is 2. The van der Waals surface area contributed by atoms with E-state index in [0.717, 1.165) is 17.0 Å². The number of amides is 2. The maximum Gasteiger partial charge on any atom is 0.293 e. The van der Waals surface area contributed by atoms with Gasteiger partial charge in [-0.05, 0) is 45.9 Å². The van der Waals surface area contributed by atoms with Crippen LogP contribution in [0.3, 0.4) is 0 Å². The van der Waals surface area contributed by atoms with E-state index in [1.165, 1.54) is 6.08 Å². The molecule has 144 valence electrons. The van der Waals surface area contributed by atoms with Crippen molar-refractivity contribution in [1.82, 2.24) is 4.90 Å². The number of aromatic hydroxyl groups is 1. The zero-order chi connectivity index (χ0) is 20.6. The molecule has 28 heavy (non-hydrogen) atoms. The van der Waals surface area contributed by atoms with E-state index in [4.69, 9.17) is 23.2 Å². The van der Waals surface area contributed by atoms with Gasteiger partial charge in [-0.1, -0.05) is 29.3 Å². The number of phenolic OH excluding ortho intramolecular Hbond substituents is 1. The van der Waals surface area contributed by atoms with Crippen LogP contribution in [0, 0.1) is 10.1 Å². The number of nitrogens with zero attached hydrogens (tertiary/aromatic N) is 2. The van der Waals surface area contributed by atoms with Gasteiger partial charge in [0.05, 0.1) is 20.8 Å². The highest BCUT2D eigenvalue weighted by Crippen LogP contribution is 2.39. The Kier molecular flexibility index (Phi) is 5.99. The molecule has 1 aliphatic rings. The monoisotopic (exact) mass is 502 g/mol. The van der Waals surface area contributed by atoms with Crippen molar-refractivity contribution in [2.24, 2.45) is 0 Å². The third-order valence-electron chi connectivity index (χ3n) is 3.83. The molecule has 0 unspecified atom stereocenters. The average Bonchev–Trinajstić information content (AvgIpc) is 2.88. The van der Waals surface area contributed by atoms with Gasteiger partial charge >= 0.3 is 0 Å². The lowest BCUT2D eigenvalue weighted by Gasteiger charge is -2.14. The molecule has 0 aliphatic carbocycles. The summed E-state index contributed by atoms with van der Waals surface area (Å²) < 4.78 is 0.0926. The van der Waals surface area contributed by atoms with Crippen LogP contribution in [0.25, 0.3) is 6.08 Å². The molecular formula is C17H9BrCl2N2O5S. The molecule has 0 spiro atoms. The molecule has 1 fully saturated rings. The summed E-state index contributed by atoms with van der Waals surface area (Å²) in [5.74, 6) is -0.903. The molecule has 1 N–H and O–H groups in total. The van der Waals surface area contributed by atoms with E-state index >= 15 is 0 Å². The first-order valence-corrected chi connectivity index (χ1v) is 9.90. The number of imide groups is 1. The Hall–Kier alpha value is -2.07. The molecule has 1 aliphatic heterocycles. The van der Waals surface area contributed by atoms with Crippen LogP contribution in [0.2, 0.25) is 10.0 Å². The van der Waals surface area contributed by atoms with E-state index in [1.54, 1.807) is 18.2 Å². The van der Waals surface area contributed by atoms with Crippen LogP contribution in [0.15, 0.2) is 39.7 Å². The number of carbonyl (C=O) groups is 2. The molecule has 3 rings (SSSR count). The summed E-state index contributed by atoms with van der Waals surface area (Å²) >= 11 is 15.9. The first-order valence-electron chi connectivity index (χ1n) is 7.54. The lowest BCUT2D eigenvalue weighted by atomic mass is 10.1. The maximum absolute atomic E-state index is 12.7. The van der Waals surface area contributed by atoms with Crippen molar-refractivity contribution in [3.8, 4) is 5.75 Å². The van der Waals surface area contributed by atoms with Gasteiger partial charge in [0.15, 0.2) is 0 Å². The zero-order valence-corrected chi connectivity index (χ0v) is 17.6. The fourth-order valence-corrected chi connectivity index (χ4v) is 4.25. The van der Waals surface area contributed by atoms with Crippen molar-refractivity contribution in [2.45, 2.75) is 6.54 Å². The molecule has 0 bridgehead atoms. The van der Waals surface area contributed by atoms with Gasteiger partial charge in [-0.3, -0.25) is 24.6 Å². The summed E-state index contributed by atoms with van der Waals surface area (Å²) in [6.45, 7) is -0.120. The van der Waals surface area contributed by atoms with Crippen molar-refractivity contribution in [1.29, 1.82) is 0 Å². The predicted octanol–water partition coefficient (Wildman–Crippen LogP) is 5.61. The second kappa shape index (κ2) is 8.12. The minimum atomic E-state index is -0.632. The molecule has 11 heteroatoms. The normalized spacial score (nSPS) is 15.5. The highest BCUT2D eigenvalue weighted by Gasteiger charge is 2.36. The first-order chi connectivity index (χ1) is 13.2. The SMILES string of the molecule is O=C1S/C(=C\c2cc([N+](=O)[O-])cc(Br)c2O)C(=O)N1Cc1c(Cl)cccc1Cl. The van der Waals surface area contributed by atoms with Crippen LogP contribution < -0.4 is 0 Å². The van der Waals surface area contributed by atoms with Crippen LogP contribution in [-0.4, -0.2) is 26.1 Å². The molecular weight excluding hydrogens is 495 g/mol. The summed E-state index contributed by atoms with van der Waals surface area (Å²) in [5.41, 5.74) is 0.177. The third-order valence-corrected chi connectivity index (χ3v) is 6.05. The summed E-state index contributed by atoms with van der Waals surface area (Å²) in [4.78, 5) is 36.3. The summed E-state index contributed by atoms with van der Waals surface area (Å²) in [6.07, 6.45) is 1.23. The van der Waals surface area contributed by atoms with Crippen molar-refractivity contribution >= 4 is 73.8 Å². The Balaban J connectivity index is 1.95. The number of hydrogen-bond acceptors (Lipinski definition) is 6. The molecule has 2 aromatic rings. The molecule has 0 radical (unpaired) electrons. The van der Waals surface area contributed by atoms with E-state index in [-0.39, 0.29) is 32.9 Å². The fourth-order valence-electron chi connectivity index (χ4n) is 2.44. The maximum atomic E-state index is 12.7. The Morgan fingerprint density at radius 3 is 2.50 bits per heavy atom. The van der Waals surface area contributed by atoms with E-state index in [1.807, 2.05) is 0 Å². The highest BCUT2D eigenvalue weighted by molar-refractivity contribution is 9.10. The highest BCUT2D eigenvalue weighted by atomic mass is 79.9. The van der Waals surface area contributed by atoms with Crippen molar-refractivity contribution in [3.05, 3.63) is 71.0 Å². The molecule has 1 saturated heterocycles. The Labute approximate surface area is 181 Å². The van der Waals surface area contributed by atoms with Gasteiger partial charge in [0.1, 0.15) is 5.75 Å². The number of nitro groups is 1. The third kappa shape index (κ3) is 4.02. The summed E-state index contributed by atoms with van der Waals surface area (Å²) in [5, 5.41) is 21.2. The number of thioether (sulfide) groups is 1. The average molecular weight is 504 g/mol. The Morgan fingerprint density at radius 1 is 1.25 bits per heavy atom. The van der Waals surface area contributed by atoms with Gasteiger partial charge in [0.25, 0.3) is 16.8 Å². The van der Waals surface area contributed by atoms with Gasteiger partial charge in [-0.15, -0.1) is 0 Å². The number of rotatable bonds is 4. The Morgan fingerprint density at radius 2 is 1.89 bits per heavy atom. The quantitative estimate of drug-likeness (QED) is 0.330. The molecule has 0 atom stereocenters. The number of non-ortho nitro benzene ring substituents is 1. The zero-order valence-electron chi connectivity index (χ0n) is 13.7. The number of halogens is 3. The summed E-state index contributed by atoms with van der Waals surface area (Å²) in [7, 11) is 0. The first kappa shape index (κ1) is 20.7. The van der Waals surface area contributed by atoms with Gasteiger partial charge in [0, 0.05) is 33.3 Å². The van der Waals surface area contributed by atoms with Crippen LogP contribution in [0.4, 0.5) is 10.5 Å². The van der Waals surface area contributed by atoms with Gasteiger partial charge < -0.3 is 5.11 Å². The van der Waals surface area contributed by atoms with Crippen LogP contribution >= 0.6 is 50.9 Å². The second-order valence-corrected chi connectivity index (χ2v) is 8.25. The number of phenols is 1. The van der Waals surface area contributed by atoms with E-state index in [2.05, 4.69) is 15.9 Å².